The van der Waals surface area contributed by atoms with E-state index in [0.29, 0.717) is 16.8 Å². The quantitative estimate of drug-likeness (QED) is 0.846. The molecule has 0 aliphatic heterocycles. The molecule has 1 heterocycles. The molecule has 0 bridgehead atoms. The van der Waals surface area contributed by atoms with Crippen molar-refractivity contribution in [1.82, 2.24) is 4.98 Å². The lowest BCUT2D eigenvalue weighted by Crippen LogP contribution is -1.90. The van der Waals surface area contributed by atoms with Crippen LogP contribution in [0.15, 0.2) is 30.3 Å². The SMILES string of the molecule is OCc1cc(Cl)nc(-c2ccc(F)c(Cl)c2)c1. The summed E-state index contributed by atoms with van der Waals surface area (Å²) in [7, 11) is 0. The number of nitrogens with zero attached hydrogens (tertiary/aromatic N) is 1. The normalized spacial score (nSPS) is 10.6. The second kappa shape index (κ2) is 5.00. The minimum Gasteiger partial charge on any atom is -0.392 e. The van der Waals surface area contributed by atoms with Crippen LogP contribution in [0.4, 0.5) is 4.39 Å². The van der Waals surface area contributed by atoms with E-state index in [1.54, 1.807) is 18.2 Å². The highest BCUT2D eigenvalue weighted by Crippen LogP contribution is 2.25. The van der Waals surface area contributed by atoms with Crippen molar-refractivity contribution in [3.8, 4) is 11.3 Å². The second-order valence-electron chi connectivity index (χ2n) is 3.47. The summed E-state index contributed by atoms with van der Waals surface area (Å²) in [5, 5.41) is 9.35. The number of aliphatic hydroxyl groups is 1. The average Bonchev–Trinajstić information content (AvgIpc) is 2.32. The fourth-order valence-corrected chi connectivity index (χ4v) is 1.86. The first-order valence-corrected chi connectivity index (χ1v) is 5.58. The molecule has 0 aliphatic rings. The van der Waals surface area contributed by atoms with Crippen LogP contribution in [0.2, 0.25) is 10.2 Å². The maximum absolute atomic E-state index is 13.0. The third kappa shape index (κ3) is 2.75. The molecule has 0 saturated carbocycles. The summed E-state index contributed by atoms with van der Waals surface area (Å²) in [5.41, 5.74) is 1.83. The van der Waals surface area contributed by atoms with E-state index in [1.165, 1.54) is 12.1 Å². The predicted molar refractivity (Wildman–Crippen MR) is 65.6 cm³/mol. The van der Waals surface area contributed by atoms with Gasteiger partial charge in [-0.1, -0.05) is 23.2 Å². The molecule has 0 unspecified atom stereocenters. The van der Waals surface area contributed by atoms with Crippen LogP contribution in [0.25, 0.3) is 11.3 Å². The van der Waals surface area contributed by atoms with Crippen molar-refractivity contribution < 1.29 is 9.50 Å². The van der Waals surface area contributed by atoms with Gasteiger partial charge in [0.2, 0.25) is 0 Å². The lowest BCUT2D eigenvalue weighted by Gasteiger charge is -2.05. The Morgan fingerprint density at radius 1 is 1.18 bits per heavy atom. The molecule has 0 fully saturated rings. The predicted octanol–water partition coefficient (Wildman–Crippen LogP) is 3.69. The van der Waals surface area contributed by atoms with Gasteiger partial charge in [0.05, 0.1) is 17.3 Å². The van der Waals surface area contributed by atoms with Crippen molar-refractivity contribution in [2.45, 2.75) is 6.61 Å². The van der Waals surface area contributed by atoms with E-state index in [2.05, 4.69) is 4.98 Å². The summed E-state index contributed by atoms with van der Waals surface area (Å²) >= 11 is 11.5. The van der Waals surface area contributed by atoms with E-state index in [0.717, 1.165) is 0 Å². The van der Waals surface area contributed by atoms with Crippen LogP contribution >= 0.6 is 23.2 Å². The van der Waals surface area contributed by atoms with Crippen LogP contribution in [0.5, 0.6) is 0 Å². The van der Waals surface area contributed by atoms with Crippen LogP contribution < -0.4 is 0 Å². The molecule has 0 spiro atoms. The fraction of sp³-hybridized carbons (Fsp3) is 0.0833. The van der Waals surface area contributed by atoms with Crippen molar-refractivity contribution in [3.63, 3.8) is 0 Å². The Balaban J connectivity index is 2.52. The molecule has 88 valence electrons. The van der Waals surface area contributed by atoms with E-state index in [9.17, 15) is 4.39 Å². The lowest BCUT2D eigenvalue weighted by atomic mass is 10.1. The third-order valence-corrected chi connectivity index (χ3v) is 2.74. The molecule has 2 rings (SSSR count). The third-order valence-electron chi connectivity index (χ3n) is 2.25. The van der Waals surface area contributed by atoms with Gasteiger partial charge in [0.25, 0.3) is 0 Å². The van der Waals surface area contributed by atoms with E-state index in [-0.39, 0.29) is 16.8 Å². The van der Waals surface area contributed by atoms with Crippen LogP contribution in [-0.4, -0.2) is 10.1 Å². The molecule has 1 aromatic heterocycles. The van der Waals surface area contributed by atoms with Crippen molar-refractivity contribution >= 4 is 23.2 Å². The first-order chi connectivity index (χ1) is 8.10. The van der Waals surface area contributed by atoms with Gasteiger partial charge < -0.3 is 5.11 Å². The molecular formula is C12H8Cl2FNO. The zero-order chi connectivity index (χ0) is 12.4. The van der Waals surface area contributed by atoms with E-state index >= 15 is 0 Å². The van der Waals surface area contributed by atoms with Gasteiger partial charge in [-0.25, -0.2) is 9.37 Å². The first kappa shape index (κ1) is 12.3. The molecule has 0 atom stereocenters. The highest BCUT2D eigenvalue weighted by atomic mass is 35.5. The van der Waals surface area contributed by atoms with Gasteiger partial charge in [-0.15, -0.1) is 0 Å². The molecule has 0 aliphatic carbocycles. The number of hydrogen-bond acceptors (Lipinski definition) is 2. The smallest absolute Gasteiger partial charge is 0.141 e. The average molecular weight is 272 g/mol. The zero-order valence-corrected chi connectivity index (χ0v) is 10.1. The van der Waals surface area contributed by atoms with Crippen molar-refractivity contribution in [1.29, 1.82) is 0 Å². The van der Waals surface area contributed by atoms with Gasteiger partial charge in [0.1, 0.15) is 11.0 Å². The number of hydrogen-bond donors (Lipinski definition) is 1. The minimum atomic E-state index is -0.486. The van der Waals surface area contributed by atoms with Crippen LogP contribution in [0.1, 0.15) is 5.56 Å². The van der Waals surface area contributed by atoms with Crippen LogP contribution in [-0.2, 0) is 6.61 Å². The Morgan fingerprint density at radius 2 is 1.94 bits per heavy atom. The summed E-state index contributed by atoms with van der Waals surface area (Å²) in [4.78, 5) is 4.10. The molecule has 0 saturated heterocycles. The first-order valence-electron chi connectivity index (χ1n) is 4.83. The number of rotatable bonds is 2. The number of benzene rings is 1. The van der Waals surface area contributed by atoms with Crippen molar-refractivity contribution in [2.75, 3.05) is 0 Å². The van der Waals surface area contributed by atoms with Gasteiger partial charge >= 0.3 is 0 Å². The Bertz CT molecular complexity index is 560. The summed E-state index contributed by atoms with van der Waals surface area (Å²) in [6.45, 7) is -0.135. The number of halogens is 3. The largest absolute Gasteiger partial charge is 0.392 e. The second-order valence-corrected chi connectivity index (χ2v) is 4.26. The Labute approximate surface area is 108 Å². The molecule has 2 aromatic rings. The molecule has 17 heavy (non-hydrogen) atoms. The summed E-state index contributed by atoms with van der Waals surface area (Å²) in [6.07, 6.45) is 0. The maximum atomic E-state index is 13.0. The Morgan fingerprint density at radius 3 is 2.59 bits per heavy atom. The maximum Gasteiger partial charge on any atom is 0.141 e. The van der Waals surface area contributed by atoms with E-state index in [4.69, 9.17) is 28.3 Å². The lowest BCUT2D eigenvalue weighted by molar-refractivity contribution is 0.282. The molecule has 1 N–H and O–H groups in total. The molecule has 0 amide bonds. The Hall–Kier alpha value is -1.16. The number of pyridine rings is 1. The summed E-state index contributed by atoms with van der Waals surface area (Å²) in [5.74, 6) is -0.486. The Kier molecular flexibility index (Phi) is 3.62. The van der Waals surface area contributed by atoms with Gasteiger partial charge in [-0.3, -0.25) is 0 Å². The molecule has 5 heteroatoms. The summed E-state index contributed by atoms with van der Waals surface area (Å²) in [6, 6.07) is 7.53. The number of aromatic nitrogens is 1. The van der Waals surface area contributed by atoms with Crippen molar-refractivity contribution in [3.05, 3.63) is 51.9 Å². The molecule has 0 radical (unpaired) electrons. The van der Waals surface area contributed by atoms with Gasteiger partial charge in [-0.05, 0) is 35.9 Å². The van der Waals surface area contributed by atoms with Crippen LogP contribution in [0.3, 0.4) is 0 Å². The topological polar surface area (TPSA) is 33.1 Å². The van der Waals surface area contributed by atoms with Gasteiger partial charge in [-0.2, -0.15) is 0 Å². The minimum absolute atomic E-state index is 0.0230. The van der Waals surface area contributed by atoms with E-state index < -0.39 is 5.82 Å². The summed E-state index contributed by atoms with van der Waals surface area (Å²) < 4.78 is 13.0. The van der Waals surface area contributed by atoms with Gasteiger partial charge in [0.15, 0.2) is 0 Å². The molecule has 2 nitrogen and oxygen atoms in total. The van der Waals surface area contributed by atoms with Crippen LogP contribution in [0, 0.1) is 5.82 Å². The van der Waals surface area contributed by atoms with Gasteiger partial charge in [0, 0.05) is 5.56 Å². The van der Waals surface area contributed by atoms with E-state index in [1.807, 2.05) is 0 Å². The fourth-order valence-electron chi connectivity index (χ4n) is 1.44. The number of aliphatic hydroxyl groups excluding tert-OH is 1. The molecule has 1 aromatic carbocycles. The highest BCUT2D eigenvalue weighted by molar-refractivity contribution is 6.31. The highest BCUT2D eigenvalue weighted by Gasteiger charge is 2.06. The molecular weight excluding hydrogens is 264 g/mol. The zero-order valence-electron chi connectivity index (χ0n) is 8.62. The standard InChI is InChI=1S/C12H8Cl2FNO/c13-9-5-8(1-2-10(9)15)11-3-7(6-17)4-12(14)16-11/h1-5,17H,6H2. The van der Waals surface area contributed by atoms with Crippen molar-refractivity contribution in [2.24, 2.45) is 0 Å². The monoisotopic (exact) mass is 271 g/mol.